The van der Waals surface area contributed by atoms with Crippen molar-refractivity contribution >= 4 is 11.6 Å². The maximum Gasteiger partial charge on any atom is 0.181 e. The first-order valence-electron chi connectivity index (χ1n) is 4.44. The summed E-state index contributed by atoms with van der Waals surface area (Å²) in [5.41, 5.74) is 1.49. The molecule has 2 aromatic rings. The van der Waals surface area contributed by atoms with Crippen LogP contribution in [0.3, 0.4) is 0 Å². The van der Waals surface area contributed by atoms with Crippen LogP contribution in [0.1, 0.15) is 11.4 Å². The maximum atomic E-state index is 13.1. The van der Waals surface area contributed by atoms with E-state index in [4.69, 9.17) is 11.6 Å². The molecule has 0 aliphatic carbocycles. The molecular weight excluding hydrogens is 217 g/mol. The van der Waals surface area contributed by atoms with Gasteiger partial charge in [0.25, 0.3) is 0 Å². The molecule has 0 aliphatic heterocycles. The largest absolute Gasteiger partial charge is 0.262 e. The smallest absolute Gasteiger partial charge is 0.181 e. The Morgan fingerprint density at radius 1 is 1.40 bits per heavy atom. The first kappa shape index (κ1) is 10.1. The van der Waals surface area contributed by atoms with Gasteiger partial charge in [-0.2, -0.15) is 5.10 Å². The summed E-state index contributed by atoms with van der Waals surface area (Å²) in [4.78, 5) is 4.12. The van der Waals surface area contributed by atoms with Crippen LogP contribution in [0.15, 0.2) is 18.2 Å². The number of nitrogens with zero attached hydrogens (tertiary/aromatic N) is 2. The minimum absolute atomic E-state index is 0.265. The molecule has 0 atom stereocenters. The van der Waals surface area contributed by atoms with Crippen molar-refractivity contribution in [3.05, 3.63) is 35.4 Å². The van der Waals surface area contributed by atoms with Crippen molar-refractivity contribution in [2.75, 3.05) is 0 Å². The van der Waals surface area contributed by atoms with Gasteiger partial charge in [0, 0.05) is 5.56 Å². The molecule has 0 saturated carbocycles. The zero-order valence-electron chi connectivity index (χ0n) is 8.09. The summed E-state index contributed by atoms with van der Waals surface area (Å²) in [6.45, 7) is 1.82. The van der Waals surface area contributed by atoms with Crippen molar-refractivity contribution in [3.8, 4) is 11.4 Å². The van der Waals surface area contributed by atoms with E-state index in [1.165, 1.54) is 12.1 Å². The molecule has 3 nitrogen and oxygen atoms in total. The SMILES string of the molecule is Cc1cc(F)cc(-c2n[nH]c(CCl)n2)c1. The van der Waals surface area contributed by atoms with Crippen molar-refractivity contribution in [1.82, 2.24) is 15.2 Å². The second-order valence-corrected chi connectivity index (χ2v) is 3.52. The number of hydrogen-bond acceptors (Lipinski definition) is 2. The van der Waals surface area contributed by atoms with Gasteiger partial charge in [0.15, 0.2) is 5.82 Å². The minimum Gasteiger partial charge on any atom is -0.262 e. The van der Waals surface area contributed by atoms with E-state index in [1.54, 1.807) is 0 Å². The second kappa shape index (κ2) is 3.98. The van der Waals surface area contributed by atoms with Gasteiger partial charge in [0.1, 0.15) is 11.6 Å². The maximum absolute atomic E-state index is 13.1. The molecule has 0 amide bonds. The number of aryl methyl sites for hydroxylation is 1. The van der Waals surface area contributed by atoms with Crippen molar-refractivity contribution in [2.45, 2.75) is 12.8 Å². The highest BCUT2D eigenvalue weighted by molar-refractivity contribution is 6.16. The minimum atomic E-state index is -0.290. The van der Waals surface area contributed by atoms with E-state index < -0.39 is 0 Å². The van der Waals surface area contributed by atoms with E-state index in [0.29, 0.717) is 17.2 Å². The molecule has 2 rings (SSSR count). The first-order chi connectivity index (χ1) is 7.19. The first-order valence-corrected chi connectivity index (χ1v) is 4.97. The van der Waals surface area contributed by atoms with Gasteiger partial charge in [-0.3, -0.25) is 5.10 Å². The third kappa shape index (κ3) is 2.15. The zero-order chi connectivity index (χ0) is 10.8. The number of aromatic nitrogens is 3. The summed E-state index contributed by atoms with van der Waals surface area (Å²) in [6.07, 6.45) is 0. The van der Waals surface area contributed by atoms with Crippen molar-refractivity contribution in [3.63, 3.8) is 0 Å². The summed E-state index contributed by atoms with van der Waals surface area (Å²) < 4.78 is 13.1. The van der Waals surface area contributed by atoms with Crippen LogP contribution in [0.2, 0.25) is 0 Å². The molecule has 0 aliphatic rings. The van der Waals surface area contributed by atoms with Gasteiger partial charge in [-0.1, -0.05) is 0 Å². The fourth-order valence-corrected chi connectivity index (χ4v) is 1.47. The van der Waals surface area contributed by atoms with Gasteiger partial charge in [-0.25, -0.2) is 9.37 Å². The molecule has 1 aromatic carbocycles. The van der Waals surface area contributed by atoms with Crippen molar-refractivity contribution in [2.24, 2.45) is 0 Å². The third-order valence-electron chi connectivity index (χ3n) is 1.96. The van der Waals surface area contributed by atoms with Gasteiger partial charge >= 0.3 is 0 Å². The van der Waals surface area contributed by atoms with E-state index in [0.717, 1.165) is 5.56 Å². The quantitative estimate of drug-likeness (QED) is 0.799. The van der Waals surface area contributed by atoms with Crippen LogP contribution in [0.25, 0.3) is 11.4 Å². The van der Waals surface area contributed by atoms with Crippen LogP contribution in [0.4, 0.5) is 4.39 Å². The molecule has 1 heterocycles. The molecule has 1 N–H and O–H groups in total. The molecular formula is C10H9ClFN3. The summed E-state index contributed by atoms with van der Waals surface area (Å²) in [6, 6.07) is 4.68. The number of alkyl halides is 1. The molecule has 78 valence electrons. The predicted molar refractivity (Wildman–Crippen MR) is 56.1 cm³/mol. The lowest BCUT2D eigenvalue weighted by Crippen LogP contribution is -1.85. The summed E-state index contributed by atoms with van der Waals surface area (Å²) in [7, 11) is 0. The zero-order valence-corrected chi connectivity index (χ0v) is 8.85. The molecule has 0 unspecified atom stereocenters. The van der Waals surface area contributed by atoms with E-state index in [1.807, 2.05) is 13.0 Å². The summed E-state index contributed by atoms with van der Waals surface area (Å²) in [5.74, 6) is 1.02. The number of halogens is 2. The van der Waals surface area contributed by atoms with Crippen molar-refractivity contribution < 1.29 is 4.39 Å². The summed E-state index contributed by atoms with van der Waals surface area (Å²) >= 11 is 5.58. The number of H-pyrrole nitrogens is 1. The summed E-state index contributed by atoms with van der Waals surface area (Å²) in [5, 5.41) is 6.63. The fraction of sp³-hybridized carbons (Fsp3) is 0.200. The Morgan fingerprint density at radius 2 is 2.20 bits per heavy atom. The Kier molecular flexibility index (Phi) is 2.68. The van der Waals surface area contributed by atoms with E-state index in [2.05, 4.69) is 15.2 Å². The number of benzene rings is 1. The van der Waals surface area contributed by atoms with Crippen LogP contribution in [-0.2, 0) is 5.88 Å². The van der Waals surface area contributed by atoms with Gasteiger partial charge in [-0.05, 0) is 30.7 Å². The lowest BCUT2D eigenvalue weighted by Gasteiger charge is -1.97. The molecule has 5 heteroatoms. The van der Waals surface area contributed by atoms with Crippen LogP contribution >= 0.6 is 11.6 Å². The van der Waals surface area contributed by atoms with E-state index in [9.17, 15) is 4.39 Å². The second-order valence-electron chi connectivity index (χ2n) is 3.26. The fourth-order valence-electron chi connectivity index (χ4n) is 1.35. The molecule has 15 heavy (non-hydrogen) atoms. The van der Waals surface area contributed by atoms with E-state index >= 15 is 0 Å². The number of aromatic amines is 1. The predicted octanol–water partition coefficient (Wildman–Crippen LogP) is 2.66. The highest BCUT2D eigenvalue weighted by Gasteiger charge is 2.06. The molecule has 0 fully saturated rings. The van der Waals surface area contributed by atoms with Gasteiger partial charge in [0.2, 0.25) is 0 Å². The lowest BCUT2D eigenvalue weighted by atomic mass is 10.1. The average Bonchev–Trinajstić information content (AvgIpc) is 2.64. The van der Waals surface area contributed by atoms with Crippen LogP contribution < -0.4 is 0 Å². The molecule has 0 saturated heterocycles. The highest BCUT2D eigenvalue weighted by atomic mass is 35.5. The number of hydrogen-bond donors (Lipinski definition) is 1. The number of rotatable bonds is 2. The lowest BCUT2D eigenvalue weighted by molar-refractivity contribution is 0.627. The van der Waals surface area contributed by atoms with E-state index in [-0.39, 0.29) is 11.7 Å². The molecule has 1 aromatic heterocycles. The topological polar surface area (TPSA) is 41.6 Å². The third-order valence-corrected chi connectivity index (χ3v) is 2.21. The Hall–Kier alpha value is -1.42. The van der Waals surface area contributed by atoms with Gasteiger partial charge in [-0.15, -0.1) is 11.6 Å². The van der Waals surface area contributed by atoms with Crippen LogP contribution in [0, 0.1) is 12.7 Å². The number of nitrogens with one attached hydrogen (secondary N) is 1. The Bertz CT molecular complexity index is 461. The average molecular weight is 226 g/mol. The molecule has 0 spiro atoms. The Labute approximate surface area is 91.3 Å². The highest BCUT2D eigenvalue weighted by Crippen LogP contribution is 2.18. The molecule has 0 radical (unpaired) electrons. The van der Waals surface area contributed by atoms with Crippen molar-refractivity contribution in [1.29, 1.82) is 0 Å². The van der Waals surface area contributed by atoms with Gasteiger partial charge < -0.3 is 0 Å². The normalized spacial score (nSPS) is 10.6. The molecule has 0 bridgehead atoms. The van der Waals surface area contributed by atoms with Gasteiger partial charge in [0.05, 0.1) is 5.88 Å². The monoisotopic (exact) mass is 225 g/mol. The standard InChI is InChI=1S/C10H9ClFN3/c1-6-2-7(4-8(12)3-6)10-13-9(5-11)14-15-10/h2-4H,5H2,1H3,(H,13,14,15). The Balaban J connectivity index is 2.44. The Morgan fingerprint density at radius 3 is 2.80 bits per heavy atom. The van der Waals surface area contributed by atoms with Crippen LogP contribution in [-0.4, -0.2) is 15.2 Å². The van der Waals surface area contributed by atoms with Crippen LogP contribution in [0.5, 0.6) is 0 Å².